The molecule has 1 rings (SSSR count). The van der Waals surface area contributed by atoms with Gasteiger partial charge in [0.1, 0.15) is 0 Å². The number of ether oxygens (including phenoxy) is 2. The molecule has 0 spiro atoms. The largest absolute Gasteiger partial charge is 0.372 e. The van der Waals surface area contributed by atoms with Gasteiger partial charge in [-0.1, -0.05) is 0 Å². The summed E-state index contributed by atoms with van der Waals surface area (Å²) >= 11 is 0. The van der Waals surface area contributed by atoms with Crippen LogP contribution in [0.15, 0.2) is 0 Å². The van der Waals surface area contributed by atoms with E-state index in [1.165, 1.54) is 0 Å². The van der Waals surface area contributed by atoms with Gasteiger partial charge in [0.25, 0.3) is 0 Å². The van der Waals surface area contributed by atoms with Crippen LogP contribution in [-0.4, -0.2) is 45.6 Å². The van der Waals surface area contributed by atoms with Crippen molar-refractivity contribution >= 4 is 0 Å². The van der Waals surface area contributed by atoms with Crippen LogP contribution in [0.1, 0.15) is 0 Å². The molecule has 0 amide bonds. The van der Waals surface area contributed by atoms with Crippen molar-refractivity contribution in [3.63, 3.8) is 0 Å². The van der Waals surface area contributed by atoms with Gasteiger partial charge in [-0.15, -0.1) is 0 Å². The van der Waals surface area contributed by atoms with Crippen LogP contribution in [0.2, 0.25) is 0 Å². The Morgan fingerprint density at radius 3 is 2.45 bits per heavy atom. The zero-order valence-corrected chi connectivity index (χ0v) is 6.88. The van der Waals surface area contributed by atoms with Gasteiger partial charge in [-0.2, -0.15) is 0 Å². The molecule has 3 N–H and O–H groups in total. The van der Waals surface area contributed by atoms with E-state index in [9.17, 15) is 0 Å². The Kier molecular flexibility index (Phi) is 3.79. The third-order valence-electron chi connectivity index (χ3n) is 1.73. The van der Waals surface area contributed by atoms with Crippen molar-refractivity contribution in [3.8, 4) is 0 Å². The first kappa shape index (κ1) is 8.93. The van der Waals surface area contributed by atoms with E-state index in [2.05, 4.69) is 5.32 Å². The zero-order chi connectivity index (χ0) is 8.10. The highest BCUT2D eigenvalue weighted by molar-refractivity contribution is 4.69. The number of rotatable bonds is 3. The summed E-state index contributed by atoms with van der Waals surface area (Å²) in [6.45, 7) is 2.68. The van der Waals surface area contributed by atoms with Gasteiger partial charge in [-0.3, -0.25) is 0 Å². The molecule has 11 heavy (non-hydrogen) atoms. The summed E-state index contributed by atoms with van der Waals surface area (Å²) in [4.78, 5) is 0. The lowest BCUT2D eigenvalue weighted by atomic mass is 10.3. The molecule has 0 bridgehead atoms. The molecule has 0 saturated carbocycles. The van der Waals surface area contributed by atoms with Crippen LogP contribution >= 0.6 is 0 Å². The number of hydrogen-bond acceptors (Lipinski definition) is 4. The Morgan fingerprint density at radius 1 is 1.36 bits per heavy atom. The Balaban J connectivity index is 2.14. The highest BCUT2D eigenvalue weighted by atomic mass is 16.6. The molecule has 1 saturated heterocycles. The summed E-state index contributed by atoms with van der Waals surface area (Å²) in [5.41, 5.74) is 5.40. The zero-order valence-electron chi connectivity index (χ0n) is 6.88. The molecule has 2 atom stereocenters. The van der Waals surface area contributed by atoms with Crippen molar-refractivity contribution in [2.45, 2.75) is 12.2 Å². The molecule has 0 radical (unpaired) electrons. The second-order valence-electron chi connectivity index (χ2n) is 2.70. The molecular formula is C7H16N2O2. The number of hydrogen-bond donors (Lipinski definition) is 2. The number of nitrogens with two attached hydrogens (primary N) is 1. The molecule has 1 aliphatic rings. The Hall–Kier alpha value is -0.160. The van der Waals surface area contributed by atoms with Crippen molar-refractivity contribution in [1.29, 1.82) is 0 Å². The van der Waals surface area contributed by atoms with Crippen LogP contribution in [0.25, 0.3) is 0 Å². The molecule has 1 aliphatic heterocycles. The lowest BCUT2D eigenvalue weighted by Crippen LogP contribution is -2.43. The molecule has 2 unspecified atom stereocenters. The first-order valence-electron chi connectivity index (χ1n) is 3.94. The number of likely N-dealkylation sites (N-methyl/N-ethyl adjacent to an activating group) is 1. The van der Waals surface area contributed by atoms with Crippen LogP contribution in [-0.2, 0) is 9.47 Å². The summed E-state index contributed by atoms with van der Waals surface area (Å²) in [6.07, 6.45) is 0.297. The van der Waals surface area contributed by atoms with Crippen molar-refractivity contribution in [3.05, 3.63) is 0 Å². The van der Waals surface area contributed by atoms with E-state index < -0.39 is 0 Å². The Bertz CT molecular complexity index is 103. The highest BCUT2D eigenvalue weighted by Gasteiger charge is 2.19. The monoisotopic (exact) mass is 160 g/mol. The van der Waals surface area contributed by atoms with E-state index in [1.807, 2.05) is 7.05 Å². The van der Waals surface area contributed by atoms with Gasteiger partial charge in [0, 0.05) is 13.1 Å². The molecule has 4 heteroatoms. The summed E-state index contributed by atoms with van der Waals surface area (Å²) in [5, 5.41) is 3.03. The average molecular weight is 160 g/mol. The van der Waals surface area contributed by atoms with Crippen molar-refractivity contribution in [2.24, 2.45) is 5.73 Å². The summed E-state index contributed by atoms with van der Waals surface area (Å²) in [6, 6.07) is 0. The minimum absolute atomic E-state index is 0.100. The second-order valence-corrected chi connectivity index (χ2v) is 2.70. The van der Waals surface area contributed by atoms with Crippen LogP contribution < -0.4 is 11.1 Å². The molecule has 1 heterocycles. The molecule has 0 aromatic rings. The molecular weight excluding hydrogens is 144 g/mol. The van der Waals surface area contributed by atoms with Gasteiger partial charge in [-0.25, -0.2) is 0 Å². The van der Waals surface area contributed by atoms with Crippen LogP contribution in [0.5, 0.6) is 0 Å². The second kappa shape index (κ2) is 4.66. The first-order valence-corrected chi connectivity index (χ1v) is 3.94. The fourth-order valence-corrected chi connectivity index (χ4v) is 1.06. The predicted molar refractivity (Wildman–Crippen MR) is 42.5 cm³/mol. The Morgan fingerprint density at radius 2 is 2.00 bits per heavy atom. The summed E-state index contributed by atoms with van der Waals surface area (Å²) in [5.74, 6) is 0. The van der Waals surface area contributed by atoms with Gasteiger partial charge in [0.15, 0.2) is 0 Å². The highest BCUT2D eigenvalue weighted by Crippen LogP contribution is 2.04. The topological polar surface area (TPSA) is 56.5 Å². The summed E-state index contributed by atoms with van der Waals surface area (Å²) in [7, 11) is 1.90. The van der Waals surface area contributed by atoms with Gasteiger partial charge >= 0.3 is 0 Å². The number of nitrogens with one attached hydrogen (secondary N) is 1. The van der Waals surface area contributed by atoms with Crippen molar-refractivity contribution in [2.75, 3.05) is 33.4 Å². The SMILES string of the molecule is CNCC1COC(CN)CO1. The molecule has 1 fully saturated rings. The smallest absolute Gasteiger partial charge is 0.0933 e. The van der Waals surface area contributed by atoms with E-state index in [0.717, 1.165) is 6.54 Å². The maximum atomic E-state index is 5.45. The Labute approximate surface area is 67.0 Å². The lowest BCUT2D eigenvalue weighted by Gasteiger charge is -2.28. The minimum Gasteiger partial charge on any atom is -0.372 e. The van der Waals surface area contributed by atoms with E-state index in [4.69, 9.17) is 15.2 Å². The third kappa shape index (κ3) is 2.75. The van der Waals surface area contributed by atoms with Gasteiger partial charge in [-0.05, 0) is 7.05 Å². The molecule has 0 aliphatic carbocycles. The van der Waals surface area contributed by atoms with Crippen molar-refractivity contribution in [1.82, 2.24) is 5.32 Å². The van der Waals surface area contributed by atoms with E-state index in [1.54, 1.807) is 0 Å². The predicted octanol–water partition coefficient (Wildman–Crippen LogP) is -1.05. The van der Waals surface area contributed by atoms with E-state index in [-0.39, 0.29) is 12.2 Å². The minimum atomic E-state index is 0.100. The fraction of sp³-hybridized carbons (Fsp3) is 1.00. The van der Waals surface area contributed by atoms with Gasteiger partial charge in [0.05, 0.1) is 25.4 Å². The standard InChI is InChI=1S/C7H16N2O2/c1-9-3-7-5-10-6(2-8)4-11-7/h6-7,9H,2-5,8H2,1H3. The normalized spacial score (nSPS) is 32.2. The summed E-state index contributed by atoms with van der Waals surface area (Å²) < 4.78 is 10.9. The molecule has 0 aromatic heterocycles. The van der Waals surface area contributed by atoms with E-state index in [0.29, 0.717) is 19.8 Å². The van der Waals surface area contributed by atoms with Crippen molar-refractivity contribution < 1.29 is 9.47 Å². The fourth-order valence-electron chi connectivity index (χ4n) is 1.06. The third-order valence-corrected chi connectivity index (χ3v) is 1.73. The first-order chi connectivity index (χ1) is 5.36. The molecule has 4 nitrogen and oxygen atoms in total. The molecule has 0 aromatic carbocycles. The molecule has 66 valence electrons. The van der Waals surface area contributed by atoms with Crippen LogP contribution in [0, 0.1) is 0 Å². The van der Waals surface area contributed by atoms with Crippen LogP contribution in [0.3, 0.4) is 0 Å². The maximum absolute atomic E-state index is 5.45. The van der Waals surface area contributed by atoms with E-state index >= 15 is 0 Å². The van der Waals surface area contributed by atoms with Crippen LogP contribution in [0.4, 0.5) is 0 Å². The van der Waals surface area contributed by atoms with Gasteiger partial charge < -0.3 is 20.5 Å². The lowest BCUT2D eigenvalue weighted by molar-refractivity contribution is -0.127. The van der Waals surface area contributed by atoms with Gasteiger partial charge in [0.2, 0.25) is 0 Å². The maximum Gasteiger partial charge on any atom is 0.0933 e. The quantitative estimate of drug-likeness (QED) is 0.553. The average Bonchev–Trinajstić information content (AvgIpc) is 2.07.